The molecule has 1 aliphatic rings. The van der Waals surface area contributed by atoms with Crippen molar-refractivity contribution in [2.45, 2.75) is 24.5 Å². The maximum atomic E-state index is 14.2. The molecule has 1 aromatic heterocycles. The Morgan fingerprint density at radius 1 is 1.48 bits per heavy atom. The summed E-state index contributed by atoms with van der Waals surface area (Å²) in [5.74, 6) is 0.495. The Morgan fingerprint density at radius 2 is 2.24 bits per heavy atom. The SMILES string of the molecule is CSCc1c(C(=O)c2cnoc2C2CC2)ccc(Cl)c1F. The molecule has 1 fully saturated rings. The van der Waals surface area contributed by atoms with E-state index in [9.17, 15) is 9.18 Å². The van der Waals surface area contributed by atoms with E-state index in [4.69, 9.17) is 16.1 Å². The molecule has 0 atom stereocenters. The highest BCUT2D eigenvalue weighted by Crippen LogP contribution is 2.42. The van der Waals surface area contributed by atoms with Gasteiger partial charge in [0.05, 0.1) is 16.8 Å². The van der Waals surface area contributed by atoms with Crippen LogP contribution in [0.5, 0.6) is 0 Å². The molecule has 6 heteroatoms. The number of hydrogen-bond acceptors (Lipinski definition) is 4. The summed E-state index contributed by atoms with van der Waals surface area (Å²) in [7, 11) is 0. The highest BCUT2D eigenvalue weighted by Gasteiger charge is 2.33. The minimum atomic E-state index is -0.527. The number of aromatic nitrogens is 1. The van der Waals surface area contributed by atoms with Crippen molar-refractivity contribution in [1.82, 2.24) is 5.16 Å². The summed E-state index contributed by atoms with van der Waals surface area (Å²) >= 11 is 7.26. The van der Waals surface area contributed by atoms with Crippen LogP contribution in [0.25, 0.3) is 0 Å². The minimum absolute atomic E-state index is 0.0309. The van der Waals surface area contributed by atoms with Gasteiger partial charge < -0.3 is 4.52 Å². The lowest BCUT2D eigenvalue weighted by atomic mass is 9.98. The van der Waals surface area contributed by atoms with Gasteiger partial charge in [-0.15, -0.1) is 0 Å². The molecule has 2 aromatic rings. The van der Waals surface area contributed by atoms with Crippen LogP contribution in [-0.2, 0) is 5.75 Å². The average molecular weight is 326 g/mol. The van der Waals surface area contributed by atoms with E-state index in [-0.39, 0.29) is 16.7 Å². The lowest BCUT2D eigenvalue weighted by molar-refractivity contribution is 0.103. The van der Waals surface area contributed by atoms with E-state index < -0.39 is 5.82 Å². The molecular weight excluding hydrogens is 313 g/mol. The fourth-order valence-corrected chi connectivity index (χ4v) is 3.04. The van der Waals surface area contributed by atoms with Gasteiger partial charge in [-0.2, -0.15) is 11.8 Å². The van der Waals surface area contributed by atoms with Crippen molar-refractivity contribution < 1.29 is 13.7 Å². The normalized spacial score (nSPS) is 14.4. The van der Waals surface area contributed by atoms with Crippen LogP contribution in [0.3, 0.4) is 0 Å². The zero-order valence-corrected chi connectivity index (χ0v) is 12.9. The number of rotatable bonds is 5. The Balaban J connectivity index is 2.05. The van der Waals surface area contributed by atoms with E-state index in [1.54, 1.807) is 6.07 Å². The first kappa shape index (κ1) is 14.6. The summed E-state index contributed by atoms with van der Waals surface area (Å²) in [6.07, 6.45) is 5.28. The van der Waals surface area contributed by atoms with Crippen LogP contribution in [0.2, 0.25) is 5.02 Å². The van der Waals surface area contributed by atoms with Gasteiger partial charge in [-0.1, -0.05) is 16.8 Å². The van der Waals surface area contributed by atoms with Crippen LogP contribution in [0.15, 0.2) is 22.9 Å². The molecular formula is C15H13ClFNO2S. The van der Waals surface area contributed by atoms with Gasteiger partial charge in [0.1, 0.15) is 5.82 Å². The Hall–Kier alpha value is -1.33. The second kappa shape index (κ2) is 5.81. The predicted molar refractivity (Wildman–Crippen MR) is 80.5 cm³/mol. The van der Waals surface area contributed by atoms with E-state index in [2.05, 4.69) is 5.16 Å². The Labute approximate surface area is 130 Å². The molecule has 3 rings (SSSR count). The highest BCUT2D eigenvalue weighted by molar-refractivity contribution is 7.97. The van der Waals surface area contributed by atoms with Crippen LogP contribution >= 0.6 is 23.4 Å². The average Bonchev–Trinajstić information content (AvgIpc) is 3.21. The molecule has 0 N–H and O–H groups in total. The van der Waals surface area contributed by atoms with E-state index in [0.717, 1.165) is 12.8 Å². The number of thioether (sulfide) groups is 1. The lowest BCUT2D eigenvalue weighted by Gasteiger charge is -2.09. The third-order valence-corrected chi connectivity index (χ3v) is 4.39. The molecule has 110 valence electrons. The molecule has 0 unspecified atom stereocenters. The van der Waals surface area contributed by atoms with E-state index in [0.29, 0.717) is 28.2 Å². The van der Waals surface area contributed by atoms with E-state index >= 15 is 0 Å². The summed E-state index contributed by atoms with van der Waals surface area (Å²) < 4.78 is 19.4. The van der Waals surface area contributed by atoms with Gasteiger partial charge in [0.25, 0.3) is 0 Å². The van der Waals surface area contributed by atoms with Crippen LogP contribution in [0.1, 0.15) is 46.0 Å². The van der Waals surface area contributed by atoms with Gasteiger partial charge in [-0.05, 0) is 31.2 Å². The molecule has 0 spiro atoms. The first-order chi connectivity index (χ1) is 10.1. The number of carbonyl (C=O) groups excluding carboxylic acids is 1. The van der Waals surface area contributed by atoms with Crippen molar-refractivity contribution in [3.8, 4) is 0 Å². The molecule has 1 saturated carbocycles. The molecule has 0 radical (unpaired) electrons. The molecule has 21 heavy (non-hydrogen) atoms. The van der Waals surface area contributed by atoms with Gasteiger partial charge >= 0.3 is 0 Å². The molecule has 0 bridgehead atoms. The van der Waals surface area contributed by atoms with Crippen molar-refractivity contribution in [3.63, 3.8) is 0 Å². The summed E-state index contributed by atoms with van der Waals surface area (Å²) in [6.45, 7) is 0. The monoisotopic (exact) mass is 325 g/mol. The van der Waals surface area contributed by atoms with E-state index in [1.807, 2.05) is 6.26 Å². The highest BCUT2D eigenvalue weighted by atomic mass is 35.5. The molecule has 0 aliphatic heterocycles. The number of halogens is 2. The fraction of sp³-hybridized carbons (Fsp3) is 0.333. The minimum Gasteiger partial charge on any atom is -0.360 e. The fourth-order valence-electron chi connectivity index (χ4n) is 2.30. The second-order valence-corrected chi connectivity index (χ2v) is 6.30. The molecule has 1 heterocycles. The third kappa shape index (κ3) is 2.72. The van der Waals surface area contributed by atoms with Crippen LogP contribution < -0.4 is 0 Å². The first-order valence-electron chi connectivity index (χ1n) is 6.58. The third-order valence-electron chi connectivity index (χ3n) is 3.52. The van der Waals surface area contributed by atoms with Gasteiger partial charge in [-0.25, -0.2) is 4.39 Å². The van der Waals surface area contributed by atoms with Gasteiger partial charge in [0, 0.05) is 22.8 Å². The van der Waals surface area contributed by atoms with Crippen LogP contribution in [0, 0.1) is 5.82 Å². The largest absolute Gasteiger partial charge is 0.360 e. The molecule has 1 aliphatic carbocycles. The number of hydrogen-bond donors (Lipinski definition) is 0. The summed E-state index contributed by atoms with van der Waals surface area (Å²) in [6, 6.07) is 2.99. The second-order valence-electron chi connectivity index (χ2n) is 5.03. The number of nitrogens with zero attached hydrogens (tertiary/aromatic N) is 1. The molecule has 3 nitrogen and oxygen atoms in total. The zero-order chi connectivity index (χ0) is 15.0. The van der Waals surface area contributed by atoms with Crippen molar-refractivity contribution in [2.75, 3.05) is 6.26 Å². The van der Waals surface area contributed by atoms with E-state index in [1.165, 1.54) is 24.0 Å². The van der Waals surface area contributed by atoms with Crippen molar-refractivity contribution in [2.24, 2.45) is 0 Å². The summed E-state index contributed by atoms with van der Waals surface area (Å²) in [5, 5.41) is 3.76. The molecule has 0 saturated heterocycles. The Kier molecular flexibility index (Phi) is 4.04. The topological polar surface area (TPSA) is 43.1 Å². The quantitative estimate of drug-likeness (QED) is 0.762. The maximum absolute atomic E-state index is 14.2. The number of benzene rings is 1. The van der Waals surface area contributed by atoms with Gasteiger partial charge in [0.15, 0.2) is 11.5 Å². The van der Waals surface area contributed by atoms with Crippen molar-refractivity contribution in [1.29, 1.82) is 0 Å². The molecule has 0 amide bonds. The first-order valence-corrected chi connectivity index (χ1v) is 8.35. The lowest BCUT2D eigenvalue weighted by Crippen LogP contribution is -2.08. The predicted octanol–water partition coefficient (Wildman–Crippen LogP) is 4.44. The van der Waals surface area contributed by atoms with Crippen LogP contribution in [0.4, 0.5) is 4.39 Å². The smallest absolute Gasteiger partial charge is 0.198 e. The maximum Gasteiger partial charge on any atom is 0.198 e. The summed E-state index contributed by atoms with van der Waals surface area (Å²) in [4.78, 5) is 12.7. The Bertz CT molecular complexity index is 697. The summed E-state index contributed by atoms with van der Waals surface area (Å²) in [5.41, 5.74) is 1.10. The van der Waals surface area contributed by atoms with Gasteiger partial charge in [-0.3, -0.25) is 4.79 Å². The number of carbonyl (C=O) groups is 1. The van der Waals surface area contributed by atoms with Crippen molar-refractivity contribution >= 4 is 29.1 Å². The standard InChI is InChI=1S/C15H13ClFNO2S/c1-21-7-11-9(4-5-12(16)13(11)17)14(19)10-6-18-20-15(10)8-2-3-8/h4-6,8H,2-3,7H2,1H3. The zero-order valence-electron chi connectivity index (χ0n) is 11.4. The van der Waals surface area contributed by atoms with Crippen molar-refractivity contribution in [3.05, 3.63) is 51.6 Å². The van der Waals surface area contributed by atoms with Gasteiger partial charge in [0.2, 0.25) is 0 Å². The van der Waals surface area contributed by atoms with Crippen LogP contribution in [-0.4, -0.2) is 17.2 Å². The molecule has 1 aromatic carbocycles. The number of ketones is 1. The Morgan fingerprint density at radius 3 is 2.90 bits per heavy atom.